The Morgan fingerprint density at radius 1 is 0.769 bits per heavy atom. The van der Waals surface area contributed by atoms with Crippen LogP contribution in [0.5, 0.6) is 0 Å². The molecule has 0 aliphatic rings. The fraction of sp³-hybridized carbons (Fsp3) is 0. The predicted octanol–water partition coefficient (Wildman–Crippen LogP) is 11.0. The van der Waals surface area contributed by atoms with Crippen LogP contribution in [-0.4, -0.2) is 0 Å². The van der Waals surface area contributed by atoms with Gasteiger partial charge in [0.15, 0.2) is 0 Å². The molecule has 0 aliphatic heterocycles. The standard InChI is InChI=1S/C38H28O/c1-5-6-14-25(2)26(3)23-24-27(4)36-28-15-7-9-17-30(28)37(31-18-10-8-16-29(31)36)33-20-13-22-35-38(33)32-19-11-12-21-34(32)39-35/h5-24H,1-4H2/b14-6-,24-23-/i1D,2D,5D,6D,11D,12D,13D,14D,19D,20D,21D,22D/b5-1?,14-6-,24-23-,25-2?. The number of fused-ring (bicyclic) bond motifs is 5. The lowest BCUT2D eigenvalue weighted by atomic mass is 9.85. The van der Waals surface area contributed by atoms with Crippen molar-refractivity contribution in [2.24, 2.45) is 0 Å². The maximum atomic E-state index is 9.20. The molecule has 0 saturated carbocycles. The quantitative estimate of drug-likeness (QED) is 0.153. The van der Waals surface area contributed by atoms with Crippen LogP contribution in [0.3, 0.4) is 0 Å². The summed E-state index contributed by atoms with van der Waals surface area (Å²) in [5.74, 6) is 0. The first-order valence-electron chi connectivity index (χ1n) is 18.2. The maximum Gasteiger partial charge on any atom is 0.136 e. The molecule has 6 aromatic rings. The van der Waals surface area contributed by atoms with Gasteiger partial charge < -0.3 is 4.42 Å². The van der Waals surface area contributed by atoms with Crippen LogP contribution < -0.4 is 0 Å². The number of para-hydroxylation sites is 1. The maximum absolute atomic E-state index is 9.20. The molecule has 0 unspecified atom stereocenters. The van der Waals surface area contributed by atoms with E-state index in [-0.39, 0.29) is 50.7 Å². The number of benzene rings is 5. The van der Waals surface area contributed by atoms with Crippen LogP contribution in [0, 0.1) is 0 Å². The summed E-state index contributed by atoms with van der Waals surface area (Å²) in [7, 11) is 0. The van der Waals surface area contributed by atoms with Gasteiger partial charge in [0.05, 0.1) is 16.4 Å². The third-order valence-electron chi connectivity index (χ3n) is 6.55. The first-order chi connectivity index (χ1) is 24.3. The zero-order valence-electron chi connectivity index (χ0n) is 32.8. The minimum Gasteiger partial charge on any atom is -0.456 e. The minimum absolute atomic E-state index is 0.0120. The van der Waals surface area contributed by atoms with Gasteiger partial charge in [0.2, 0.25) is 0 Å². The number of allylic oxidation sites excluding steroid dienone is 8. The third kappa shape index (κ3) is 4.15. The lowest BCUT2D eigenvalue weighted by molar-refractivity contribution is 0.669. The van der Waals surface area contributed by atoms with Crippen LogP contribution in [0.2, 0.25) is 0 Å². The minimum atomic E-state index is -0.525. The molecule has 0 atom stereocenters. The van der Waals surface area contributed by atoms with Crippen LogP contribution in [0.25, 0.3) is 60.2 Å². The van der Waals surface area contributed by atoms with Crippen molar-refractivity contribution >= 4 is 49.1 Å². The van der Waals surface area contributed by atoms with Crippen molar-refractivity contribution in [2.45, 2.75) is 0 Å². The lowest BCUT2D eigenvalue weighted by Gasteiger charge is -2.18. The van der Waals surface area contributed by atoms with Gasteiger partial charge in [-0.15, -0.1) is 0 Å². The largest absolute Gasteiger partial charge is 0.456 e. The van der Waals surface area contributed by atoms with Gasteiger partial charge in [-0.1, -0.05) is 135 Å². The first-order valence-corrected chi connectivity index (χ1v) is 12.0. The topological polar surface area (TPSA) is 13.1 Å². The van der Waals surface area contributed by atoms with Crippen molar-refractivity contribution in [1.82, 2.24) is 0 Å². The molecule has 0 saturated heterocycles. The van der Waals surface area contributed by atoms with Gasteiger partial charge in [0.1, 0.15) is 11.2 Å². The van der Waals surface area contributed by atoms with E-state index >= 15 is 0 Å². The molecular weight excluding hydrogens is 472 g/mol. The van der Waals surface area contributed by atoms with E-state index in [2.05, 4.69) is 13.2 Å². The van der Waals surface area contributed by atoms with Crippen molar-refractivity contribution in [2.75, 3.05) is 0 Å². The third-order valence-corrected chi connectivity index (χ3v) is 6.55. The Morgan fingerprint density at radius 3 is 2.18 bits per heavy atom. The van der Waals surface area contributed by atoms with E-state index in [1.165, 1.54) is 0 Å². The van der Waals surface area contributed by atoms with Crippen LogP contribution in [0.4, 0.5) is 0 Å². The summed E-state index contributed by atoms with van der Waals surface area (Å²) in [6.45, 7) is 9.80. The van der Waals surface area contributed by atoms with Crippen molar-refractivity contribution < 1.29 is 20.9 Å². The average molecular weight is 513 g/mol. The van der Waals surface area contributed by atoms with Crippen molar-refractivity contribution in [3.05, 3.63) is 164 Å². The molecule has 0 N–H and O–H groups in total. The molecule has 0 spiro atoms. The summed E-state index contributed by atoms with van der Waals surface area (Å²) in [6, 6.07) is 10.3. The zero-order chi connectivity index (χ0) is 37.0. The fourth-order valence-corrected chi connectivity index (χ4v) is 4.85. The molecule has 0 bridgehead atoms. The Bertz CT molecular complexity index is 2580. The molecule has 0 aliphatic carbocycles. The van der Waals surface area contributed by atoms with E-state index in [1.54, 1.807) is 12.2 Å². The van der Waals surface area contributed by atoms with Crippen LogP contribution in [-0.2, 0) is 0 Å². The van der Waals surface area contributed by atoms with E-state index < -0.39 is 48.4 Å². The summed E-state index contributed by atoms with van der Waals surface area (Å²) in [5.41, 5.74) is 1.80. The molecular formula is C38H28O. The Hall–Kier alpha value is -5.14. The molecule has 186 valence electrons. The van der Waals surface area contributed by atoms with Gasteiger partial charge >= 0.3 is 0 Å². The smallest absolute Gasteiger partial charge is 0.136 e. The second-order valence-electron chi connectivity index (χ2n) is 8.79. The zero-order valence-corrected chi connectivity index (χ0v) is 20.8. The Balaban J connectivity index is 1.66. The molecule has 0 fully saturated rings. The van der Waals surface area contributed by atoms with Gasteiger partial charge in [-0.05, 0) is 67.0 Å². The first kappa shape index (κ1) is 14.1. The highest BCUT2D eigenvalue weighted by molar-refractivity contribution is 6.24. The molecule has 39 heavy (non-hydrogen) atoms. The normalized spacial score (nSPS) is 17.7. The van der Waals surface area contributed by atoms with Crippen LogP contribution in [0.15, 0.2) is 163 Å². The predicted molar refractivity (Wildman–Crippen MR) is 170 cm³/mol. The summed E-state index contributed by atoms with van der Waals surface area (Å²) in [4.78, 5) is 0. The molecule has 1 heteroatoms. The average Bonchev–Trinajstić information content (AvgIpc) is 3.54. The second kappa shape index (κ2) is 9.96. The lowest BCUT2D eigenvalue weighted by Crippen LogP contribution is -1.93. The van der Waals surface area contributed by atoms with E-state index in [1.807, 2.05) is 48.5 Å². The fourth-order valence-electron chi connectivity index (χ4n) is 4.85. The summed E-state index contributed by atoms with van der Waals surface area (Å²) >= 11 is 0. The molecule has 1 nitrogen and oxygen atoms in total. The molecule has 5 aromatic carbocycles. The van der Waals surface area contributed by atoms with Gasteiger partial charge in [0, 0.05) is 10.8 Å². The van der Waals surface area contributed by atoms with E-state index in [0.29, 0.717) is 44.8 Å². The summed E-state index contributed by atoms with van der Waals surface area (Å²) < 4.78 is 106. The van der Waals surface area contributed by atoms with E-state index in [9.17, 15) is 1.37 Å². The molecule has 0 radical (unpaired) electrons. The SMILES string of the molecule is [2H]C=C([2H])/C([2H])=C(/[2H])C(=C[2H])C(=C)/C=C\C(=C)c1c2ccccc2c(-c2c([2H])c([2H])c([2H])c3oc4c([2H])c([2H])c([2H])c([2H])c4c23)c2ccccc12. The molecule has 1 aromatic heterocycles. The highest BCUT2D eigenvalue weighted by Gasteiger charge is 2.19. The Morgan fingerprint density at radius 2 is 1.46 bits per heavy atom. The van der Waals surface area contributed by atoms with Crippen LogP contribution in [0.1, 0.15) is 22.0 Å². The van der Waals surface area contributed by atoms with Crippen molar-refractivity contribution in [3.63, 3.8) is 0 Å². The van der Waals surface area contributed by atoms with Gasteiger partial charge in [-0.2, -0.15) is 0 Å². The van der Waals surface area contributed by atoms with Gasteiger partial charge in [0.25, 0.3) is 0 Å². The summed E-state index contributed by atoms with van der Waals surface area (Å²) in [6.07, 6.45) is 3.20. The number of hydrogen-bond acceptors (Lipinski definition) is 1. The molecule has 1 heterocycles. The second-order valence-corrected chi connectivity index (χ2v) is 8.79. The Kier molecular flexibility index (Phi) is 3.61. The number of rotatable bonds is 7. The van der Waals surface area contributed by atoms with E-state index in [0.717, 1.165) is 6.55 Å². The van der Waals surface area contributed by atoms with Gasteiger partial charge in [-0.3, -0.25) is 0 Å². The van der Waals surface area contributed by atoms with Gasteiger partial charge in [-0.25, -0.2) is 0 Å². The highest BCUT2D eigenvalue weighted by Crippen LogP contribution is 2.45. The van der Waals surface area contributed by atoms with Crippen LogP contribution >= 0.6 is 0 Å². The number of furan rings is 1. The monoisotopic (exact) mass is 512 g/mol. The van der Waals surface area contributed by atoms with Crippen molar-refractivity contribution in [1.29, 1.82) is 0 Å². The van der Waals surface area contributed by atoms with Crippen molar-refractivity contribution in [3.8, 4) is 11.1 Å². The Labute approximate surface area is 245 Å². The van der Waals surface area contributed by atoms with E-state index in [4.69, 9.17) is 19.5 Å². The molecule has 6 rings (SSSR count). The molecule has 0 amide bonds. The highest BCUT2D eigenvalue weighted by atomic mass is 16.3. The number of hydrogen-bond donors (Lipinski definition) is 0. The summed E-state index contributed by atoms with van der Waals surface area (Å²) in [5, 5.41) is 2.81.